The number of nitrogens with zero attached hydrogens (tertiary/aromatic N) is 2. The fraction of sp³-hybridized carbons (Fsp3) is 0.615. The molecule has 0 unspecified atom stereocenters. The molecule has 0 aromatic carbocycles. The highest BCUT2D eigenvalue weighted by molar-refractivity contribution is 5.88. The number of carbonyl (C=O) groups is 1. The molecule has 1 aromatic rings. The van der Waals surface area contributed by atoms with E-state index in [4.69, 9.17) is 0 Å². The van der Waals surface area contributed by atoms with Gasteiger partial charge in [-0.05, 0) is 25.8 Å². The lowest BCUT2D eigenvalue weighted by Gasteiger charge is -2.16. The van der Waals surface area contributed by atoms with Crippen LogP contribution in [0.25, 0.3) is 0 Å². The van der Waals surface area contributed by atoms with Gasteiger partial charge in [0.1, 0.15) is 11.6 Å². The number of carbonyl (C=O) groups excluding carboxylic acids is 1. The normalized spacial score (nSPS) is 16.9. The van der Waals surface area contributed by atoms with Gasteiger partial charge in [0.15, 0.2) is 0 Å². The predicted octanol–water partition coefficient (Wildman–Crippen LogP) is 2.63. The zero-order valence-electron chi connectivity index (χ0n) is 10.8. The molecule has 1 saturated carbocycles. The Morgan fingerprint density at radius 1 is 1.28 bits per heavy atom. The zero-order valence-corrected chi connectivity index (χ0v) is 10.8. The number of hydrogen-bond acceptors (Lipinski definition) is 3. The second-order valence-electron chi connectivity index (χ2n) is 4.78. The summed E-state index contributed by atoms with van der Waals surface area (Å²) in [7, 11) is 0. The number of hydrogen-bond donors (Lipinski definition) is 2. The standard InChI is InChI=1S/C13H20N4O/c1-10-14-9-8-12(15-10)17-13(18)16-11-6-4-2-3-5-7-11/h8-9,11H,2-7H2,1H3,(H2,14,15,16,17,18). The van der Waals surface area contributed by atoms with Crippen LogP contribution in [0.3, 0.4) is 0 Å². The van der Waals surface area contributed by atoms with Gasteiger partial charge in [-0.25, -0.2) is 14.8 Å². The minimum atomic E-state index is -0.167. The second-order valence-corrected chi connectivity index (χ2v) is 4.78. The van der Waals surface area contributed by atoms with Crippen molar-refractivity contribution in [3.63, 3.8) is 0 Å². The third kappa shape index (κ3) is 3.98. The Hall–Kier alpha value is -1.65. The van der Waals surface area contributed by atoms with E-state index in [0.717, 1.165) is 12.8 Å². The van der Waals surface area contributed by atoms with Gasteiger partial charge in [0.05, 0.1) is 0 Å². The molecule has 18 heavy (non-hydrogen) atoms. The summed E-state index contributed by atoms with van der Waals surface area (Å²) in [5.41, 5.74) is 0. The third-order valence-corrected chi connectivity index (χ3v) is 3.21. The van der Waals surface area contributed by atoms with Crippen molar-refractivity contribution in [2.75, 3.05) is 5.32 Å². The minimum Gasteiger partial charge on any atom is -0.335 e. The topological polar surface area (TPSA) is 66.9 Å². The Balaban J connectivity index is 1.84. The SMILES string of the molecule is Cc1nccc(NC(=O)NC2CCCCCC2)n1. The van der Waals surface area contributed by atoms with E-state index in [1.165, 1.54) is 25.7 Å². The Morgan fingerprint density at radius 2 is 2.00 bits per heavy atom. The van der Waals surface area contributed by atoms with E-state index in [9.17, 15) is 4.79 Å². The molecule has 1 heterocycles. The highest BCUT2D eigenvalue weighted by atomic mass is 16.2. The molecule has 2 N–H and O–H groups in total. The molecule has 0 radical (unpaired) electrons. The molecule has 2 amide bonds. The fourth-order valence-electron chi connectivity index (χ4n) is 2.29. The van der Waals surface area contributed by atoms with Gasteiger partial charge in [-0.15, -0.1) is 0 Å². The van der Waals surface area contributed by atoms with Crippen molar-refractivity contribution in [1.29, 1.82) is 0 Å². The Kier molecular flexibility index (Phi) is 4.50. The van der Waals surface area contributed by atoms with Gasteiger partial charge in [-0.3, -0.25) is 5.32 Å². The number of aromatic nitrogens is 2. The van der Waals surface area contributed by atoms with E-state index >= 15 is 0 Å². The number of anilines is 1. The van der Waals surface area contributed by atoms with Crippen molar-refractivity contribution in [3.05, 3.63) is 18.1 Å². The molecule has 0 bridgehead atoms. The van der Waals surface area contributed by atoms with Crippen molar-refractivity contribution in [2.45, 2.75) is 51.5 Å². The van der Waals surface area contributed by atoms with Gasteiger partial charge in [-0.1, -0.05) is 25.7 Å². The number of nitrogens with one attached hydrogen (secondary N) is 2. The van der Waals surface area contributed by atoms with Crippen molar-refractivity contribution < 1.29 is 4.79 Å². The van der Waals surface area contributed by atoms with Crippen LogP contribution < -0.4 is 10.6 Å². The van der Waals surface area contributed by atoms with Crippen molar-refractivity contribution in [2.24, 2.45) is 0 Å². The molecule has 5 heteroatoms. The summed E-state index contributed by atoms with van der Waals surface area (Å²) in [5, 5.41) is 5.77. The zero-order chi connectivity index (χ0) is 12.8. The summed E-state index contributed by atoms with van der Waals surface area (Å²) in [5.74, 6) is 1.20. The lowest BCUT2D eigenvalue weighted by atomic mass is 10.1. The molecular weight excluding hydrogens is 228 g/mol. The quantitative estimate of drug-likeness (QED) is 0.791. The summed E-state index contributed by atoms with van der Waals surface area (Å²) in [4.78, 5) is 20.0. The summed E-state index contributed by atoms with van der Waals surface area (Å²) >= 11 is 0. The number of rotatable bonds is 2. The molecule has 1 aliphatic rings. The smallest absolute Gasteiger partial charge is 0.320 e. The number of urea groups is 1. The Bertz CT molecular complexity index is 400. The first-order chi connectivity index (χ1) is 8.74. The van der Waals surface area contributed by atoms with Crippen LogP contribution in [0.5, 0.6) is 0 Å². The molecule has 1 aromatic heterocycles. The van der Waals surface area contributed by atoms with Gasteiger partial charge in [0, 0.05) is 12.2 Å². The van der Waals surface area contributed by atoms with E-state index in [0.29, 0.717) is 17.7 Å². The van der Waals surface area contributed by atoms with Gasteiger partial charge < -0.3 is 5.32 Å². The van der Waals surface area contributed by atoms with Crippen LogP contribution in [-0.4, -0.2) is 22.0 Å². The number of amides is 2. The van der Waals surface area contributed by atoms with E-state index in [1.54, 1.807) is 19.2 Å². The first-order valence-electron chi connectivity index (χ1n) is 6.61. The first-order valence-corrected chi connectivity index (χ1v) is 6.61. The molecule has 1 aliphatic carbocycles. The molecule has 2 rings (SSSR count). The van der Waals surface area contributed by atoms with Gasteiger partial charge >= 0.3 is 6.03 Å². The van der Waals surface area contributed by atoms with Crippen LogP contribution in [0.4, 0.5) is 10.6 Å². The molecule has 1 fully saturated rings. The molecule has 5 nitrogen and oxygen atoms in total. The molecule has 0 spiro atoms. The number of aryl methyl sites for hydroxylation is 1. The molecule has 0 atom stereocenters. The lowest BCUT2D eigenvalue weighted by molar-refractivity contribution is 0.247. The monoisotopic (exact) mass is 248 g/mol. The average Bonchev–Trinajstić information content (AvgIpc) is 2.57. The van der Waals surface area contributed by atoms with Gasteiger partial charge in [-0.2, -0.15) is 0 Å². The fourth-order valence-corrected chi connectivity index (χ4v) is 2.29. The van der Waals surface area contributed by atoms with E-state index < -0.39 is 0 Å². The van der Waals surface area contributed by atoms with Crippen molar-refractivity contribution >= 4 is 11.8 Å². The lowest BCUT2D eigenvalue weighted by Crippen LogP contribution is -2.37. The molecule has 98 valence electrons. The highest BCUT2D eigenvalue weighted by Gasteiger charge is 2.14. The Labute approximate surface area is 107 Å². The first kappa shape index (κ1) is 12.8. The largest absolute Gasteiger partial charge is 0.335 e. The van der Waals surface area contributed by atoms with E-state index in [1.807, 2.05) is 0 Å². The minimum absolute atomic E-state index is 0.167. The summed E-state index contributed by atoms with van der Waals surface area (Å²) in [6.07, 6.45) is 8.78. The van der Waals surface area contributed by atoms with Crippen LogP contribution in [0.1, 0.15) is 44.3 Å². The van der Waals surface area contributed by atoms with Gasteiger partial charge in [0.2, 0.25) is 0 Å². The van der Waals surface area contributed by atoms with Gasteiger partial charge in [0.25, 0.3) is 0 Å². The van der Waals surface area contributed by atoms with Crippen molar-refractivity contribution in [1.82, 2.24) is 15.3 Å². The summed E-state index contributed by atoms with van der Waals surface area (Å²) < 4.78 is 0. The molecule has 0 aliphatic heterocycles. The maximum atomic E-state index is 11.8. The molecular formula is C13H20N4O. The van der Waals surface area contributed by atoms with Crippen LogP contribution in [0, 0.1) is 6.92 Å². The predicted molar refractivity (Wildman–Crippen MR) is 70.4 cm³/mol. The van der Waals surface area contributed by atoms with E-state index in [2.05, 4.69) is 20.6 Å². The Morgan fingerprint density at radius 3 is 2.67 bits per heavy atom. The van der Waals surface area contributed by atoms with Crippen molar-refractivity contribution in [3.8, 4) is 0 Å². The second kappa shape index (κ2) is 6.33. The van der Waals surface area contributed by atoms with Crippen LogP contribution in [0.15, 0.2) is 12.3 Å². The summed E-state index contributed by atoms with van der Waals surface area (Å²) in [6.45, 7) is 1.80. The van der Waals surface area contributed by atoms with Crippen LogP contribution in [0.2, 0.25) is 0 Å². The molecule has 0 saturated heterocycles. The highest BCUT2D eigenvalue weighted by Crippen LogP contribution is 2.17. The maximum absolute atomic E-state index is 11.8. The van der Waals surface area contributed by atoms with Crippen LogP contribution in [-0.2, 0) is 0 Å². The van der Waals surface area contributed by atoms with E-state index in [-0.39, 0.29) is 6.03 Å². The average molecular weight is 248 g/mol. The maximum Gasteiger partial charge on any atom is 0.320 e. The third-order valence-electron chi connectivity index (χ3n) is 3.21. The summed E-state index contributed by atoms with van der Waals surface area (Å²) in [6, 6.07) is 1.83. The van der Waals surface area contributed by atoms with Crippen LogP contribution >= 0.6 is 0 Å².